The van der Waals surface area contributed by atoms with Crippen LogP contribution in [0.4, 0.5) is 5.69 Å². The van der Waals surface area contributed by atoms with E-state index in [-0.39, 0.29) is 12.0 Å². The van der Waals surface area contributed by atoms with Crippen molar-refractivity contribution in [1.29, 1.82) is 0 Å². The number of hydrogen-bond acceptors (Lipinski definition) is 4. The van der Waals surface area contributed by atoms with Gasteiger partial charge in [-0.15, -0.1) is 0 Å². The Morgan fingerprint density at radius 3 is 2.54 bits per heavy atom. The molecule has 5 nitrogen and oxygen atoms in total. The Bertz CT molecular complexity index is 811. The first-order valence-corrected chi connectivity index (χ1v) is 9.06. The van der Waals surface area contributed by atoms with Gasteiger partial charge >= 0.3 is 0 Å². The van der Waals surface area contributed by atoms with E-state index in [2.05, 4.69) is 0 Å². The average molecular weight is 353 g/mol. The summed E-state index contributed by atoms with van der Waals surface area (Å²) in [5.74, 6) is -0.681. The van der Waals surface area contributed by atoms with E-state index in [4.69, 9.17) is 14.2 Å². The fourth-order valence-electron chi connectivity index (χ4n) is 3.53. The van der Waals surface area contributed by atoms with E-state index in [0.717, 1.165) is 29.0 Å². The Labute approximate surface area is 153 Å². The molecular weight excluding hydrogens is 330 g/mol. The van der Waals surface area contributed by atoms with Crippen molar-refractivity contribution in [3.05, 3.63) is 59.7 Å². The lowest BCUT2D eigenvalue weighted by Crippen LogP contribution is -2.47. The number of benzene rings is 2. The van der Waals surface area contributed by atoms with Crippen LogP contribution in [0.15, 0.2) is 48.5 Å². The number of carbonyl (C=O) groups excluding carboxylic acids is 1. The fraction of sp³-hybridized carbons (Fsp3) is 0.381. The summed E-state index contributed by atoms with van der Waals surface area (Å²) in [5.41, 5.74) is 2.57. The van der Waals surface area contributed by atoms with Crippen LogP contribution in [0.1, 0.15) is 31.4 Å². The van der Waals surface area contributed by atoms with Gasteiger partial charge in [-0.25, -0.2) is 0 Å². The van der Waals surface area contributed by atoms with Crippen LogP contribution in [-0.2, 0) is 26.6 Å². The third-order valence-electron chi connectivity index (χ3n) is 4.64. The summed E-state index contributed by atoms with van der Waals surface area (Å²) >= 11 is 0. The molecule has 0 aliphatic carbocycles. The van der Waals surface area contributed by atoms with Crippen molar-refractivity contribution in [3.8, 4) is 5.75 Å². The molecule has 1 saturated heterocycles. The van der Waals surface area contributed by atoms with Gasteiger partial charge in [0.1, 0.15) is 5.75 Å². The second-order valence-electron chi connectivity index (χ2n) is 6.85. The van der Waals surface area contributed by atoms with Gasteiger partial charge < -0.3 is 19.1 Å². The number of carbonyl (C=O) groups is 1. The normalized spacial score (nSPS) is 18.4. The minimum absolute atomic E-state index is 0.0640. The lowest BCUT2D eigenvalue weighted by Gasteiger charge is -2.32. The van der Waals surface area contributed by atoms with Gasteiger partial charge in [0.15, 0.2) is 0 Å². The SMILES string of the molecule is CC(C)Oc1ccccc1CN1C(=O)C2(OCCCO2)c2ccccc21. The van der Waals surface area contributed by atoms with Crippen molar-refractivity contribution in [3.63, 3.8) is 0 Å². The fourth-order valence-corrected chi connectivity index (χ4v) is 3.53. The molecule has 136 valence electrons. The highest BCUT2D eigenvalue weighted by Gasteiger charge is 2.54. The topological polar surface area (TPSA) is 48.0 Å². The molecule has 0 radical (unpaired) electrons. The molecule has 2 aromatic rings. The monoisotopic (exact) mass is 353 g/mol. The molecule has 0 saturated carbocycles. The highest BCUT2D eigenvalue weighted by atomic mass is 16.7. The highest BCUT2D eigenvalue weighted by molar-refractivity contribution is 6.06. The van der Waals surface area contributed by atoms with E-state index in [1.807, 2.05) is 62.4 Å². The molecule has 4 rings (SSSR count). The number of rotatable bonds is 4. The predicted octanol–water partition coefficient (Wildman–Crippen LogP) is 3.61. The summed E-state index contributed by atoms with van der Waals surface area (Å²) in [4.78, 5) is 15.1. The van der Waals surface area contributed by atoms with E-state index < -0.39 is 5.79 Å². The quantitative estimate of drug-likeness (QED) is 0.842. The maximum absolute atomic E-state index is 13.3. The Hall–Kier alpha value is -2.37. The molecule has 0 bridgehead atoms. The molecule has 0 N–H and O–H groups in total. The number of anilines is 1. The van der Waals surface area contributed by atoms with Crippen LogP contribution < -0.4 is 9.64 Å². The van der Waals surface area contributed by atoms with Crippen LogP contribution in [0.25, 0.3) is 0 Å². The number of nitrogens with zero attached hydrogens (tertiary/aromatic N) is 1. The van der Waals surface area contributed by atoms with Crippen molar-refractivity contribution in [2.45, 2.75) is 38.7 Å². The Balaban J connectivity index is 1.71. The summed E-state index contributed by atoms with van der Waals surface area (Å²) in [6, 6.07) is 15.5. The largest absolute Gasteiger partial charge is 0.491 e. The van der Waals surface area contributed by atoms with Crippen LogP contribution in [0.5, 0.6) is 5.75 Å². The zero-order valence-electron chi connectivity index (χ0n) is 15.1. The molecule has 1 fully saturated rings. The Morgan fingerprint density at radius 2 is 1.77 bits per heavy atom. The number of ether oxygens (including phenoxy) is 3. The zero-order chi connectivity index (χ0) is 18.1. The first-order valence-electron chi connectivity index (χ1n) is 9.06. The van der Waals surface area contributed by atoms with E-state index in [9.17, 15) is 4.79 Å². The molecule has 2 aliphatic heterocycles. The van der Waals surface area contributed by atoms with Gasteiger partial charge in [0.2, 0.25) is 0 Å². The second kappa shape index (κ2) is 6.74. The molecule has 5 heteroatoms. The molecule has 1 spiro atoms. The van der Waals surface area contributed by atoms with Gasteiger partial charge in [-0.3, -0.25) is 4.79 Å². The van der Waals surface area contributed by atoms with E-state index in [1.165, 1.54) is 0 Å². The molecular formula is C21H23NO4. The second-order valence-corrected chi connectivity index (χ2v) is 6.85. The molecule has 0 aromatic heterocycles. The van der Waals surface area contributed by atoms with E-state index in [1.54, 1.807) is 4.90 Å². The van der Waals surface area contributed by atoms with Crippen molar-refractivity contribution in [2.75, 3.05) is 18.1 Å². The van der Waals surface area contributed by atoms with E-state index >= 15 is 0 Å². The van der Waals surface area contributed by atoms with Gasteiger partial charge in [0, 0.05) is 11.1 Å². The van der Waals surface area contributed by atoms with Crippen LogP contribution in [0.2, 0.25) is 0 Å². The summed E-state index contributed by atoms with van der Waals surface area (Å²) in [6.45, 7) is 5.42. The van der Waals surface area contributed by atoms with Gasteiger partial charge in [0.05, 0.1) is 31.5 Å². The molecule has 0 atom stereocenters. The first kappa shape index (κ1) is 17.1. The third-order valence-corrected chi connectivity index (χ3v) is 4.64. The third kappa shape index (κ3) is 2.77. The lowest BCUT2D eigenvalue weighted by atomic mass is 10.1. The minimum atomic E-state index is -1.30. The Morgan fingerprint density at radius 1 is 1.08 bits per heavy atom. The van der Waals surface area contributed by atoms with Gasteiger partial charge in [-0.05, 0) is 32.4 Å². The number of para-hydroxylation sites is 2. The maximum Gasteiger partial charge on any atom is 0.292 e. The van der Waals surface area contributed by atoms with Crippen LogP contribution in [0.3, 0.4) is 0 Å². The zero-order valence-corrected chi connectivity index (χ0v) is 15.1. The number of hydrogen-bond donors (Lipinski definition) is 0. The van der Waals surface area contributed by atoms with Crippen molar-refractivity contribution in [1.82, 2.24) is 0 Å². The molecule has 0 unspecified atom stereocenters. The first-order chi connectivity index (χ1) is 12.6. The van der Waals surface area contributed by atoms with Crippen molar-refractivity contribution < 1.29 is 19.0 Å². The Kier molecular flexibility index (Phi) is 4.42. The molecule has 2 aromatic carbocycles. The van der Waals surface area contributed by atoms with Gasteiger partial charge in [-0.2, -0.15) is 0 Å². The van der Waals surface area contributed by atoms with Crippen LogP contribution in [-0.4, -0.2) is 25.2 Å². The van der Waals surface area contributed by atoms with Crippen molar-refractivity contribution in [2.24, 2.45) is 0 Å². The number of amides is 1. The molecule has 26 heavy (non-hydrogen) atoms. The minimum Gasteiger partial charge on any atom is -0.491 e. The standard InChI is InChI=1S/C21H23NO4/c1-15(2)26-19-11-6-3-8-16(19)14-22-18-10-5-4-9-17(18)21(20(22)23)24-12-7-13-25-21/h3-6,8-11,15H,7,12-14H2,1-2H3. The molecule has 2 aliphatic rings. The van der Waals surface area contributed by atoms with Gasteiger partial charge in [0.25, 0.3) is 11.7 Å². The van der Waals surface area contributed by atoms with Crippen molar-refractivity contribution >= 4 is 11.6 Å². The summed E-state index contributed by atoms with van der Waals surface area (Å²) in [7, 11) is 0. The lowest BCUT2D eigenvalue weighted by molar-refractivity contribution is -0.256. The summed E-state index contributed by atoms with van der Waals surface area (Å²) < 4.78 is 17.7. The molecule has 1 amide bonds. The number of fused-ring (bicyclic) bond motifs is 2. The summed E-state index contributed by atoms with van der Waals surface area (Å²) in [5, 5.41) is 0. The van der Waals surface area contributed by atoms with Gasteiger partial charge in [-0.1, -0.05) is 36.4 Å². The van der Waals surface area contributed by atoms with Crippen LogP contribution in [0, 0.1) is 0 Å². The smallest absolute Gasteiger partial charge is 0.292 e. The average Bonchev–Trinajstić information content (AvgIpc) is 2.87. The molecule has 2 heterocycles. The maximum atomic E-state index is 13.3. The summed E-state index contributed by atoms with van der Waals surface area (Å²) in [6.07, 6.45) is 0.858. The predicted molar refractivity (Wildman–Crippen MR) is 98.0 cm³/mol. The highest BCUT2D eigenvalue weighted by Crippen LogP contribution is 2.45. The van der Waals surface area contributed by atoms with Crippen LogP contribution >= 0.6 is 0 Å². The van der Waals surface area contributed by atoms with E-state index in [0.29, 0.717) is 19.8 Å².